The molecule has 0 saturated heterocycles. The smallest absolute Gasteiger partial charge is 0.419 e. The van der Waals surface area contributed by atoms with Crippen molar-refractivity contribution in [3.05, 3.63) is 33.6 Å². The van der Waals surface area contributed by atoms with Crippen molar-refractivity contribution in [2.24, 2.45) is 0 Å². The third kappa shape index (κ3) is 6.57. The van der Waals surface area contributed by atoms with Gasteiger partial charge in [0, 0.05) is 0 Å². The predicted molar refractivity (Wildman–Crippen MR) is 158 cm³/mol. The van der Waals surface area contributed by atoms with Crippen molar-refractivity contribution in [1.82, 2.24) is 9.13 Å². The molecule has 3 rings (SSSR count). The number of hydrogen-bond donors (Lipinski definition) is 0. The maximum Gasteiger partial charge on any atom is 0.419 e. The van der Waals surface area contributed by atoms with Crippen molar-refractivity contribution < 1.29 is 38.1 Å². The summed E-state index contributed by atoms with van der Waals surface area (Å²) in [4.78, 5) is 55.1. The van der Waals surface area contributed by atoms with Crippen LogP contribution < -0.4 is 0 Å². The van der Waals surface area contributed by atoms with Crippen molar-refractivity contribution in [1.29, 1.82) is 0 Å². The Morgan fingerprint density at radius 3 is 1.21 bits per heavy atom. The van der Waals surface area contributed by atoms with E-state index >= 15 is 0 Å². The van der Waals surface area contributed by atoms with E-state index < -0.39 is 35.3 Å². The van der Waals surface area contributed by atoms with Crippen molar-refractivity contribution >= 4 is 24.1 Å². The Hall–Kier alpha value is -3.56. The highest BCUT2D eigenvalue weighted by Crippen LogP contribution is 2.42. The van der Waals surface area contributed by atoms with Gasteiger partial charge in [-0.3, -0.25) is 0 Å². The number of carbonyl (C=O) groups is 4. The maximum atomic E-state index is 14.0. The van der Waals surface area contributed by atoms with E-state index in [1.165, 1.54) is 9.13 Å². The molecular formula is C32H46N2O8. The zero-order chi connectivity index (χ0) is 31.6. The lowest BCUT2D eigenvalue weighted by atomic mass is 9.91. The van der Waals surface area contributed by atoms with Gasteiger partial charge < -0.3 is 18.9 Å². The molecule has 2 heterocycles. The van der Waals surface area contributed by atoms with Crippen LogP contribution in [0, 0.1) is 0 Å². The van der Waals surface area contributed by atoms with E-state index in [4.69, 9.17) is 18.9 Å². The van der Waals surface area contributed by atoms with Crippen molar-refractivity contribution in [3.63, 3.8) is 0 Å². The van der Waals surface area contributed by atoms with Crippen LogP contribution in [0.1, 0.15) is 125 Å². The normalized spacial score (nSPS) is 13.4. The molecule has 0 spiro atoms. The minimum absolute atomic E-state index is 0.0686. The molecule has 2 aromatic rings. The summed E-state index contributed by atoms with van der Waals surface area (Å²) in [5.74, 6) is -1.32. The molecule has 0 aliphatic heterocycles. The van der Waals surface area contributed by atoms with Gasteiger partial charge >= 0.3 is 24.1 Å². The fourth-order valence-electron chi connectivity index (χ4n) is 5.54. The number of carbonyl (C=O) groups excluding carboxylic acids is 4. The summed E-state index contributed by atoms with van der Waals surface area (Å²) in [6.45, 7) is 17.9. The van der Waals surface area contributed by atoms with E-state index in [-0.39, 0.29) is 24.6 Å². The molecule has 0 unspecified atom stereocenters. The fourth-order valence-corrected chi connectivity index (χ4v) is 5.54. The number of nitrogens with zero attached hydrogens (tertiary/aromatic N) is 2. The second-order valence-corrected chi connectivity index (χ2v) is 12.3. The summed E-state index contributed by atoms with van der Waals surface area (Å²) < 4.78 is 25.0. The third-order valence-corrected chi connectivity index (χ3v) is 6.89. The number of aromatic nitrogens is 2. The van der Waals surface area contributed by atoms with Gasteiger partial charge in [0.1, 0.15) is 22.6 Å². The topological polar surface area (TPSA) is 115 Å². The quantitative estimate of drug-likeness (QED) is 0.266. The van der Waals surface area contributed by atoms with Gasteiger partial charge in [-0.2, -0.15) is 0 Å². The number of hydrogen-bond acceptors (Lipinski definition) is 8. The van der Waals surface area contributed by atoms with Crippen LogP contribution in [0.3, 0.4) is 0 Å². The predicted octanol–water partition coefficient (Wildman–Crippen LogP) is 6.88. The largest absolute Gasteiger partial charge is 0.461 e. The Kier molecular flexibility index (Phi) is 10.0. The maximum absolute atomic E-state index is 14.0. The molecule has 232 valence electrons. The zero-order valence-electron chi connectivity index (χ0n) is 26.8. The molecule has 10 nitrogen and oxygen atoms in total. The molecule has 1 aliphatic carbocycles. The van der Waals surface area contributed by atoms with Crippen molar-refractivity contribution in [2.45, 2.75) is 119 Å². The summed E-state index contributed by atoms with van der Waals surface area (Å²) >= 11 is 0. The van der Waals surface area contributed by atoms with Gasteiger partial charge in [0.25, 0.3) is 0 Å². The van der Waals surface area contributed by atoms with Gasteiger partial charge in [0.2, 0.25) is 0 Å². The lowest BCUT2D eigenvalue weighted by Crippen LogP contribution is -2.32. The fraction of sp³-hybridized carbons (Fsp3) is 0.625. The molecule has 0 aromatic carbocycles. The van der Waals surface area contributed by atoms with Crippen LogP contribution in [0.2, 0.25) is 0 Å². The third-order valence-electron chi connectivity index (χ3n) is 6.89. The van der Waals surface area contributed by atoms with Crippen LogP contribution in [0.5, 0.6) is 0 Å². The first-order valence-electron chi connectivity index (χ1n) is 15.0. The first-order valence-corrected chi connectivity index (χ1v) is 15.0. The van der Waals surface area contributed by atoms with Crippen LogP contribution in [-0.4, -0.2) is 57.7 Å². The molecular weight excluding hydrogens is 540 g/mol. The molecule has 1 aliphatic rings. The number of esters is 2. The zero-order valence-corrected chi connectivity index (χ0v) is 26.8. The second-order valence-electron chi connectivity index (χ2n) is 12.3. The standard InChI is InChI=1S/C32H46N2O8/c1-11-19-21-17-15-16-18-22-20(12-2)26(28(36)40-14-4)34(30(38)42-32(8,9)10)24(22)23(21)33(25(19)27(35)39-13-3)29(37)41-31(5,6)7/h11-18H2,1-10H3. The highest BCUT2D eigenvalue weighted by molar-refractivity contribution is 6.02. The van der Waals surface area contributed by atoms with Crippen LogP contribution in [-0.2, 0) is 44.6 Å². The molecule has 0 saturated carbocycles. The van der Waals surface area contributed by atoms with Gasteiger partial charge in [0.05, 0.1) is 24.6 Å². The average Bonchev–Trinajstić information content (AvgIpc) is 3.34. The van der Waals surface area contributed by atoms with Gasteiger partial charge in [-0.05, 0) is 116 Å². The van der Waals surface area contributed by atoms with Gasteiger partial charge in [-0.25, -0.2) is 28.3 Å². The van der Waals surface area contributed by atoms with E-state index in [1.54, 1.807) is 55.4 Å². The summed E-state index contributed by atoms with van der Waals surface area (Å²) in [6.07, 6.45) is 1.96. The number of rotatable bonds is 6. The van der Waals surface area contributed by atoms with E-state index in [2.05, 4.69) is 0 Å². The lowest BCUT2D eigenvalue weighted by molar-refractivity contribution is 0.0444. The van der Waals surface area contributed by atoms with E-state index in [9.17, 15) is 19.2 Å². The molecule has 0 bridgehead atoms. The Morgan fingerprint density at radius 2 is 0.952 bits per heavy atom. The van der Waals surface area contributed by atoms with Gasteiger partial charge in [-0.15, -0.1) is 0 Å². The van der Waals surface area contributed by atoms with Crippen LogP contribution in [0.15, 0.2) is 0 Å². The molecule has 0 amide bonds. The second kappa shape index (κ2) is 12.8. The van der Waals surface area contributed by atoms with Crippen molar-refractivity contribution in [2.75, 3.05) is 13.2 Å². The number of ether oxygens (including phenoxy) is 4. The van der Waals surface area contributed by atoms with E-state index in [1.807, 2.05) is 13.8 Å². The SMILES string of the molecule is CCOC(=O)c1c(CC)c2c(n1C(=O)OC(C)(C)C)-c1c(c(CC)c(C(=O)OCC)n1C(=O)OC(C)(C)C)CCCC2. The highest BCUT2D eigenvalue weighted by Gasteiger charge is 2.40. The van der Waals surface area contributed by atoms with Gasteiger partial charge in [-0.1, -0.05) is 13.8 Å². The Morgan fingerprint density at radius 1 is 0.619 bits per heavy atom. The Bertz CT molecular complexity index is 1260. The summed E-state index contributed by atoms with van der Waals surface area (Å²) in [6, 6.07) is 0. The molecule has 42 heavy (non-hydrogen) atoms. The molecule has 0 radical (unpaired) electrons. The average molecular weight is 587 g/mol. The first kappa shape index (κ1) is 32.9. The lowest BCUT2D eigenvalue weighted by Gasteiger charge is -2.24. The van der Waals surface area contributed by atoms with E-state index in [0.717, 1.165) is 24.0 Å². The van der Waals surface area contributed by atoms with Crippen LogP contribution >= 0.6 is 0 Å². The monoisotopic (exact) mass is 586 g/mol. The summed E-state index contributed by atoms with van der Waals surface area (Å²) in [5.41, 5.74) is 1.84. The van der Waals surface area contributed by atoms with Crippen LogP contribution in [0.25, 0.3) is 11.4 Å². The minimum atomic E-state index is -0.880. The van der Waals surface area contributed by atoms with Crippen LogP contribution in [0.4, 0.5) is 9.59 Å². The molecule has 2 aromatic heterocycles. The first-order chi connectivity index (χ1) is 19.6. The highest BCUT2D eigenvalue weighted by atomic mass is 16.6. The molecule has 10 heteroatoms. The summed E-state index contributed by atoms with van der Waals surface area (Å²) in [5, 5.41) is 0. The summed E-state index contributed by atoms with van der Waals surface area (Å²) in [7, 11) is 0. The Balaban J connectivity index is 2.62. The molecule has 0 atom stereocenters. The minimum Gasteiger partial charge on any atom is -0.461 e. The Labute approximate surface area is 248 Å². The molecule has 0 fully saturated rings. The van der Waals surface area contributed by atoms with Gasteiger partial charge in [0.15, 0.2) is 0 Å². The van der Waals surface area contributed by atoms with E-state index in [0.29, 0.717) is 48.2 Å². The number of fused-ring (bicyclic) bond motifs is 3. The van der Waals surface area contributed by atoms with Crippen molar-refractivity contribution in [3.8, 4) is 11.4 Å². The molecule has 0 N–H and O–H groups in total.